The van der Waals surface area contributed by atoms with Crippen LogP contribution in [0.15, 0.2) is 36.4 Å². The highest BCUT2D eigenvalue weighted by Gasteiger charge is 2.14. The molecule has 0 heterocycles. The summed E-state index contributed by atoms with van der Waals surface area (Å²) in [6.07, 6.45) is 0. The van der Waals surface area contributed by atoms with E-state index in [4.69, 9.17) is 10.5 Å². The average molecular weight is 414 g/mol. The van der Waals surface area contributed by atoms with E-state index in [2.05, 4.69) is 31.4 Å². The summed E-state index contributed by atoms with van der Waals surface area (Å²) in [5.74, 6) is 0.921. The number of carbonyl (C=O) groups excluding carboxylic acids is 1. The van der Waals surface area contributed by atoms with Crippen molar-refractivity contribution < 1.29 is 9.53 Å². The minimum absolute atomic E-state index is 0. The first-order valence-electron chi connectivity index (χ1n) is 8.44. The molecule has 2 aromatic rings. The van der Waals surface area contributed by atoms with Crippen LogP contribution in [0.2, 0.25) is 0 Å². The zero-order chi connectivity index (χ0) is 18.6. The lowest BCUT2D eigenvalue weighted by atomic mass is 10.0. The largest absolute Gasteiger partial charge is 0.495 e. The van der Waals surface area contributed by atoms with Gasteiger partial charge in [-0.3, -0.25) is 4.79 Å². The van der Waals surface area contributed by atoms with Gasteiger partial charge in [-0.15, -0.1) is 24.8 Å². The van der Waals surface area contributed by atoms with Gasteiger partial charge in [-0.05, 0) is 55.7 Å². The minimum atomic E-state index is -0.164. The Morgan fingerprint density at radius 1 is 1.11 bits per heavy atom. The minimum Gasteiger partial charge on any atom is -0.495 e. The second kappa shape index (κ2) is 10.9. The Labute approximate surface area is 173 Å². The van der Waals surface area contributed by atoms with Crippen LogP contribution in [0.5, 0.6) is 5.75 Å². The topological polar surface area (TPSA) is 76.4 Å². The number of carbonyl (C=O) groups is 1. The van der Waals surface area contributed by atoms with Crippen molar-refractivity contribution in [3.8, 4) is 5.75 Å². The quantitative estimate of drug-likeness (QED) is 0.573. The highest BCUT2D eigenvalue weighted by molar-refractivity contribution is 6.06. The van der Waals surface area contributed by atoms with Crippen molar-refractivity contribution >= 4 is 47.8 Å². The van der Waals surface area contributed by atoms with Crippen LogP contribution >= 0.6 is 24.8 Å². The van der Waals surface area contributed by atoms with Crippen molar-refractivity contribution in [2.24, 2.45) is 5.92 Å². The van der Waals surface area contributed by atoms with Gasteiger partial charge in [-0.25, -0.2) is 0 Å². The molecule has 0 aliphatic heterocycles. The molecule has 5 nitrogen and oxygen atoms in total. The standard InChI is InChI=1S/C20H27N3O2.2ClH/c1-12(2)14(4)22-18-8-6-7-16(13(18)3)20(24)23-15-9-10-19(25-5)17(21)11-15;;/h6-12,14,22H,21H2,1-5H3,(H,23,24);2*1H. The Kier molecular flexibility index (Phi) is 10.0. The van der Waals surface area contributed by atoms with Gasteiger partial charge in [0.25, 0.3) is 5.91 Å². The number of rotatable bonds is 6. The van der Waals surface area contributed by atoms with E-state index in [-0.39, 0.29) is 30.7 Å². The molecule has 27 heavy (non-hydrogen) atoms. The van der Waals surface area contributed by atoms with Gasteiger partial charge in [-0.2, -0.15) is 0 Å². The first-order chi connectivity index (χ1) is 11.8. The van der Waals surface area contributed by atoms with Gasteiger partial charge in [-0.1, -0.05) is 19.9 Å². The van der Waals surface area contributed by atoms with Gasteiger partial charge in [0, 0.05) is 23.0 Å². The van der Waals surface area contributed by atoms with Crippen molar-refractivity contribution in [2.45, 2.75) is 33.7 Å². The van der Waals surface area contributed by atoms with Crippen molar-refractivity contribution in [1.29, 1.82) is 0 Å². The molecule has 0 spiro atoms. The Bertz CT molecular complexity index is 767. The van der Waals surface area contributed by atoms with Crippen LogP contribution < -0.4 is 21.1 Å². The van der Waals surface area contributed by atoms with Crippen molar-refractivity contribution in [3.63, 3.8) is 0 Å². The zero-order valence-electron chi connectivity index (χ0n) is 16.3. The van der Waals surface area contributed by atoms with Gasteiger partial charge in [0.1, 0.15) is 5.75 Å². The molecule has 1 unspecified atom stereocenters. The van der Waals surface area contributed by atoms with Crippen molar-refractivity contribution in [1.82, 2.24) is 0 Å². The number of nitrogens with two attached hydrogens (primary N) is 1. The number of methoxy groups -OCH3 is 1. The highest BCUT2D eigenvalue weighted by Crippen LogP contribution is 2.26. The molecule has 2 rings (SSSR count). The second-order valence-corrected chi connectivity index (χ2v) is 6.57. The predicted octanol–water partition coefficient (Wildman–Crippen LogP) is 5.14. The third-order valence-electron chi connectivity index (χ3n) is 4.45. The van der Waals surface area contributed by atoms with Crippen LogP contribution in [0.4, 0.5) is 17.1 Å². The number of amides is 1. The fraction of sp³-hybridized carbons (Fsp3) is 0.350. The summed E-state index contributed by atoms with van der Waals surface area (Å²) in [5.41, 5.74) is 9.55. The van der Waals surface area contributed by atoms with E-state index in [1.165, 1.54) is 0 Å². The fourth-order valence-corrected chi connectivity index (χ4v) is 2.46. The molecule has 0 aliphatic carbocycles. The van der Waals surface area contributed by atoms with Crippen molar-refractivity contribution in [2.75, 3.05) is 23.5 Å². The predicted molar refractivity (Wildman–Crippen MR) is 119 cm³/mol. The first-order valence-corrected chi connectivity index (χ1v) is 8.44. The van der Waals surface area contributed by atoms with Gasteiger partial charge in [0.2, 0.25) is 0 Å². The smallest absolute Gasteiger partial charge is 0.256 e. The molecule has 0 saturated heterocycles. The van der Waals surface area contributed by atoms with E-state index in [0.29, 0.717) is 34.6 Å². The summed E-state index contributed by atoms with van der Waals surface area (Å²) >= 11 is 0. The molecular weight excluding hydrogens is 385 g/mol. The molecule has 0 radical (unpaired) electrons. The van der Waals surface area contributed by atoms with Crippen LogP contribution in [0.1, 0.15) is 36.7 Å². The Morgan fingerprint density at radius 2 is 1.78 bits per heavy atom. The van der Waals surface area contributed by atoms with Crippen LogP contribution in [0.3, 0.4) is 0 Å². The molecule has 0 aromatic heterocycles. The van der Waals surface area contributed by atoms with E-state index in [9.17, 15) is 4.79 Å². The first kappa shape index (κ1) is 24.9. The molecule has 0 bridgehead atoms. The number of benzene rings is 2. The molecule has 0 aliphatic rings. The summed E-state index contributed by atoms with van der Waals surface area (Å²) in [6, 6.07) is 11.2. The number of halogens is 2. The highest BCUT2D eigenvalue weighted by atomic mass is 35.5. The summed E-state index contributed by atoms with van der Waals surface area (Å²) < 4.78 is 5.13. The van der Waals surface area contributed by atoms with E-state index < -0.39 is 0 Å². The molecule has 0 fully saturated rings. The number of nitrogen functional groups attached to an aromatic ring is 1. The maximum Gasteiger partial charge on any atom is 0.256 e. The lowest BCUT2D eigenvalue weighted by Gasteiger charge is -2.21. The van der Waals surface area contributed by atoms with Crippen LogP contribution in [-0.2, 0) is 0 Å². The lowest BCUT2D eigenvalue weighted by molar-refractivity contribution is 0.102. The molecule has 0 saturated carbocycles. The SMILES string of the molecule is COc1ccc(NC(=O)c2cccc(NC(C)C(C)C)c2C)cc1N.Cl.Cl. The van der Waals surface area contributed by atoms with E-state index >= 15 is 0 Å². The zero-order valence-corrected chi connectivity index (χ0v) is 18.0. The Balaban J connectivity index is 0.00000338. The van der Waals surface area contributed by atoms with Gasteiger partial charge in [0.05, 0.1) is 12.8 Å². The van der Waals surface area contributed by atoms with Crippen LogP contribution in [0.25, 0.3) is 0 Å². The maximum atomic E-state index is 12.7. The monoisotopic (exact) mass is 413 g/mol. The Morgan fingerprint density at radius 3 is 2.33 bits per heavy atom. The normalized spacial score (nSPS) is 11.0. The third kappa shape index (κ3) is 6.22. The third-order valence-corrected chi connectivity index (χ3v) is 4.45. The van der Waals surface area contributed by atoms with E-state index in [1.807, 2.05) is 25.1 Å². The summed E-state index contributed by atoms with van der Waals surface area (Å²) in [7, 11) is 1.56. The molecule has 4 N–H and O–H groups in total. The fourth-order valence-electron chi connectivity index (χ4n) is 2.46. The summed E-state index contributed by atoms with van der Waals surface area (Å²) in [6.45, 7) is 8.42. The van der Waals surface area contributed by atoms with Crippen molar-refractivity contribution in [3.05, 3.63) is 47.5 Å². The molecule has 7 heteroatoms. The Hall–Kier alpha value is -2.11. The second-order valence-electron chi connectivity index (χ2n) is 6.57. The molecule has 2 aromatic carbocycles. The average Bonchev–Trinajstić information content (AvgIpc) is 2.56. The summed E-state index contributed by atoms with van der Waals surface area (Å²) in [5, 5.41) is 6.37. The molecule has 150 valence electrons. The molecule has 1 amide bonds. The number of hydrogen-bond acceptors (Lipinski definition) is 4. The molecule has 1 atom stereocenters. The summed E-state index contributed by atoms with van der Waals surface area (Å²) in [4.78, 5) is 12.7. The number of anilines is 3. The van der Waals surface area contributed by atoms with Crippen LogP contribution in [0, 0.1) is 12.8 Å². The maximum absolute atomic E-state index is 12.7. The number of ether oxygens (including phenoxy) is 1. The number of nitrogens with one attached hydrogen (secondary N) is 2. The van der Waals surface area contributed by atoms with Gasteiger partial charge >= 0.3 is 0 Å². The number of hydrogen-bond donors (Lipinski definition) is 3. The van der Waals surface area contributed by atoms with Gasteiger partial charge in [0.15, 0.2) is 0 Å². The van der Waals surface area contributed by atoms with E-state index in [0.717, 1.165) is 11.3 Å². The lowest BCUT2D eigenvalue weighted by Crippen LogP contribution is -2.23. The van der Waals surface area contributed by atoms with E-state index in [1.54, 1.807) is 25.3 Å². The molecular formula is C20H29Cl2N3O2. The van der Waals surface area contributed by atoms with Crippen LogP contribution in [-0.4, -0.2) is 19.1 Å². The van der Waals surface area contributed by atoms with Gasteiger partial charge < -0.3 is 21.1 Å².